The van der Waals surface area contributed by atoms with E-state index in [9.17, 15) is 14.4 Å². The van der Waals surface area contributed by atoms with Gasteiger partial charge >= 0.3 is 0 Å². The molecule has 0 saturated heterocycles. The highest BCUT2D eigenvalue weighted by Crippen LogP contribution is 1.97. The van der Waals surface area contributed by atoms with Crippen LogP contribution in [0.1, 0.15) is 19.7 Å². The van der Waals surface area contributed by atoms with Gasteiger partial charge < -0.3 is 21.4 Å². The Morgan fingerprint density at radius 2 is 2.11 bits per heavy atom. The second-order valence-corrected chi connectivity index (χ2v) is 4.13. The van der Waals surface area contributed by atoms with Crippen molar-refractivity contribution in [3.63, 3.8) is 0 Å². The van der Waals surface area contributed by atoms with Crippen LogP contribution in [0.5, 0.6) is 0 Å². The van der Waals surface area contributed by atoms with Gasteiger partial charge in [-0.05, 0) is 6.92 Å². The molecular formula is C11H17N5O3. The molecule has 0 saturated carbocycles. The maximum atomic E-state index is 11.8. The summed E-state index contributed by atoms with van der Waals surface area (Å²) in [7, 11) is 0. The smallest absolute Gasteiger partial charge is 0.242 e. The Balaban J connectivity index is 2.61. The molecule has 1 rings (SSSR count). The van der Waals surface area contributed by atoms with Gasteiger partial charge in [-0.25, -0.2) is 4.98 Å². The molecule has 0 radical (unpaired) electrons. The lowest BCUT2D eigenvalue weighted by atomic mass is 10.1. The van der Waals surface area contributed by atoms with E-state index in [0.717, 1.165) is 0 Å². The number of aromatic amines is 1. The van der Waals surface area contributed by atoms with E-state index < -0.39 is 23.9 Å². The van der Waals surface area contributed by atoms with Crippen molar-refractivity contribution in [2.24, 2.45) is 5.73 Å². The number of nitrogens with zero attached hydrogens (tertiary/aromatic N) is 1. The van der Waals surface area contributed by atoms with Gasteiger partial charge in [0.05, 0.1) is 0 Å². The lowest BCUT2D eigenvalue weighted by Crippen LogP contribution is -2.52. The number of imidazole rings is 1. The minimum Gasteiger partial charge on any atom is -0.368 e. The molecule has 0 fully saturated rings. The molecule has 0 unspecified atom stereocenters. The first-order chi connectivity index (χ1) is 8.90. The van der Waals surface area contributed by atoms with E-state index in [1.54, 1.807) is 6.20 Å². The van der Waals surface area contributed by atoms with Crippen LogP contribution in [0.4, 0.5) is 0 Å². The van der Waals surface area contributed by atoms with Crippen LogP contribution in [0.25, 0.3) is 0 Å². The number of nitrogens with two attached hydrogens (primary N) is 1. The third-order valence-corrected chi connectivity index (χ3v) is 2.43. The number of rotatable bonds is 6. The quantitative estimate of drug-likeness (QED) is 0.497. The van der Waals surface area contributed by atoms with Crippen LogP contribution in [0, 0.1) is 0 Å². The summed E-state index contributed by atoms with van der Waals surface area (Å²) in [4.78, 5) is 40.7. The van der Waals surface area contributed by atoms with E-state index in [2.05, 4.69) is 20.6 Å². The van der Waals surface area contributed by atoms with E-state index in [1.807, 2.05) is 0 Å². The maximum Gasteiger partial charge on any atom is 0.242 e. The average molecular weight is 267 g/mol. The van der Waals surface area contributed by atoms with Crippen LogP contribution in [0.15, 0.2) is 12.4 Å². The summed E-state index contributed by atoms with van der Waals surface area (Å²) in [6.45, 7) is 2.82. The van der Waals surface area contributed by atoms with Crippen molar-refractivity contribution in [2.75, 3.05) is 0 Å². The Morgan fingerprint density at radius 3 is 2.58 bits per heavy atom. The molecule has 104 valence electrons. The van der Waals surface area contributed by atoms with Gasteiger partial charge in [-0.1, -0.05) is 0 Å². The number of nitrogens with one attached hydrogen (secondary N) is 3. The molecular weight excluding hydrogens is 250 g/mol. The second-order valence-electron chi connectivity index (χ2n) is 4.13. The van der Waals surface area contributed by atoms with Crippen molar-refractivity contribution >= 4 is 17.7 Å². The molecule has 0 spiro atoms. The van der Waals surface area contributed by atoms with Crippen LogP contribution >= 0.6 is 0 Å². The van der Waals surface area contributed by atoms with Gasteiger partial charge in [0.15, 0.2) is 0 Å². The molecule has 0 aliphatic heterocycles. The van der Waals surface area contributed by atoms with Crippen LogP contribution < -0.4 is 16.4 Å². The summed E-state index contributed by atoms with van der Waals surface area (Å²) < 4.78 is 0. The fourth-order valence-electron chi connectivity index (χ4n) is 1.49. The van der Waals surface area contributed by atoms with Gasteiger partial charge in [0.25, 0.3) is 0 Å². The highest BCUT2D eigenvalue weighted by Gasteiger charge is 2.22. The first-order valence-electron chi connectivity index (χ1n) is 5.75. The third kappa shape index (κ3) is 4.78. The predicted octanol–water partition coefficient (Wildman–Crippen LogP) is -1.55. The zero-order valence-electron chi connectivity index (χ0n) is 10.8. The van der Waals surface area contributed by atoms with E-state index in [0.29, 0.717) is 5.82 Å². The van der Waals surface area contributed by atoms with Gasteiger partial charge in [0, 0.05) is 25.7 Å². The summed E-state index contributed by atoms with van der Waals surface area (Å²) in [6.07, 6.45) is 3.31. The molecule has 0 bridgehead atoms. The number of H-pyrrole nitrogens is 1. The standard InChI is InChI=1S/C11H17N5O3/c1-6(15-7(2)17)11(19)16-8(10(12)18)5-9-13-3-4-14-9/h3-4,6,8H,5H2,1-2H3,(H2,12,18)(H,13,14)(H,15,17)(H,16,19)/t6-,8+/m0/s1. The molecule has 5 N–H and O–H groups in total. The molecule has 0 aliphatic rings. The third-order valence-electron chi connectivity index (χ3n) is 2.43. The molecule has 8 heteroatoms. The first-order valence-corrected chi connectivity index (χ1v) is 5.75. The largest absolute Gasteiger partial charge is 0.368 e. The monoisotopic (exact) mass is 267 g/mol. The highest BCUT2D eigenvalue weighted by atomic mass is 16.2. The molecule has 19 heavy (non-hydrogen) atoms. The number of aromatic nitrogens is 2. The normalized spacial score (nSPS) is 13.4. The second kappa shape index (κ2) is 6.53. The molecule has 0 aromatic carbocycles. The van der Waals surface area contributed by atoms with Crippen LogP contribution in [-0.2, 0) is 20.8 Å². The van der Waals surface area contributed by atoms with Crippen molar-refractivity contribution in [2.45, 2.75) is 32.4 Å². The zero-order valence-corrected chi connectivity index (χ0v) is 10.8. The number of carbonyl (C=O) groups is 3. The van der Waals surface area contributed by atoms with Crippen LogP contribution in [0.2, 0.25) is 0 Å². The van der Waals surface area contributed by atoms with Gasteiger partial charge in [-0.2, -0.15) is 0 Å². The average Bonchev–Trinajstić information content (AvgIpc) is 2.79. The van der Waals surface area contributed by atoms with E-state index in [4.69, 9.17) is 5.73 Å². The van der Waals surface area contributed by atoms with Crippen LogP contribution in [-0.4, -0.2) is 39.8 Å². The molecule has 1 aromatic rings. The fraction of sp³-hybridized carbons (Fsp3) is 0.455. The summed E-state index contributed by atoms with van der Waals surface area (Å²) >= 11 is 0. The van der Waals surface area contributed by atoms with E-state index >= 15 is 0 Å². The molecule has 1 aromatic heterocycles. The van der Waals surface area contributed by atoms with E-state index in [-0.39, 0.29) is 12.3 Å². The summed E-state index contributed by atoms with van der Waals surface area (Å²) in [6, 6.07) is -1.62. The fourth-order valence-corrected chi connectivity index (χ4v) is 1.49. The lowest BCUT2D eigenvalue weighted by molar-refractivity contribution is -0.130. The number of carbonyl (C=O) groups excluding carboxylic acids is 3. The SMILES string of the molecule is CC(=O)N[C@@H](C)C(=O)N[C@H](Cc1ncc[nH]1)C(N)=O. The number of amides is 3. The summed E-state index contributed by atoms with van der Waals surface area (Å²) in [5.41, 5.74) is 5.22. The minimum atomic E-state index is -0.880. The maximum absolute atomic E-state index is 11.8. The lowest BCUT2D eigenvalue weighted by Gasteiger charge is -2.18. The van der Waals surface area contributed by atoms with Gasteiger partial charge in [0.1, 0.15) is 17.9 Å². The van der Waals surface area contributed by atoms with Gasteiger partial charge in [0.2, 0.25) is 17.7 Å². The van der Waals surface area contributed by atoms with Crippen LogP contribution in [0.3, 0.4) is 0 Å². The number of hydrogen-bond donors (Lipinski definition) is 4. The number of primary amides is 1. The highest BCUT2D eigenvalue weighted by molar-refractivity contribution is 5.91. The van der Waals surface area contributed by atoms with Crippen molar-refractivity contribution in [3.8, 4) is 0 Å². The first kappa shape index (κ1) is 14.7. The molecule has 2 atom stereocenters. The Bertz CT molecular complexity index is 457. The Morgan fingerprint density at radius 1 is 1.42 bits per heavy atom. The predicted molar refractivity (Wildman–Crippen MR) is 66.7 cm³/mol. The molecule has 1 heterocycles. The number of hydrogen-bond acceptors (Lipinski definition) is 4. The minimum absolute atomic E-state index is 0.168. The Kier molecular flexibility index (Phi) is 5.04. The Hall–Kier alpha value is -2.38. The molecule has 0 aliphatic carbocycles. The van der Waals surface area contributed by atoms with Crippen molar-refractivity contribution in [1.29, 1.82) is 0 Å². The van der Waals surface area contributed by atoms with Gasteiger partial charge in [-0.3, -0.25) is 14.4 Å². The van der Waals surface area contributed by atoms with Crippen molar-refractivity contribution < 1.29 is 14.4 Å². The van der Waals surface area contributed by atoms with E-state index in [1.165, 1.54) is 20.0 Å². The van der Waals surface area contributed by atoms with Gasteiger partial charge in [-0.15, -0.1) is 0 Å². The zero-order chi connectivity index (χ0) is 14.4. The topological polar surface area (TPSA) is 130 Å². The summed E-state index contributed by atoms with van der Waals surface area (Å²) in [5.74, 6) is -0.939. The molecule has 8 nitrogen and oxygen atoms in total. The van der Waals surface area contributed by atoms with Crippen molar-refractivity contribution in [3.05, 3.63) is 18.2 Å². The molecule has 3 amide bonds. The summed E-state index contributed by atoms with van der Waals surface area (Å²) in [5, 5.41) is 4.89. The Labute approximate surface area is 110 Å². The van der Waals surface area contributed by atoms with Crippen molar-refractivity contribution in [1.82, 2.24) is 20.6 Å².